The Morgan fingerprint density at radius 1 is 1.11 bits per heavy atom. The molecule has 146 valence electrons. The van der Waals surface area contributed by atoms with Crippen molar-refractivity contribution in [2.75, 3.05) is 13.1 Å². The summed E-state index contributed by atoms with van der Waals surface area (Å²) in [5.74, 6) is -0.225. The van der Waals surface area contributed by atoms with Crippen molar-refractivity contribution in [2.24, 2.45) is 0 Å². The van der Waals surface area contributed by atoms with E-state index in [-0.39, 0.29) is 17.4 Å². The van der Waals surface area contributed by atoms with Crippen molar-refractivity contribution < 1.29 is 19.4 Å². The van der Waals surface area contributed by atoms with Crippen LogP contribution in [0.15, 0.2) is 54.6 Å². The lowest BCUT2D eigenvalue weighted by atomic mass is 9.86. The Hall–Kier alpha value is -3.08. The molecule has 2 aromatic rings. The third kappa shape index (κ3) is 4.60. The van der Waals surface area contributed by atoms with Gasteiger partial charge in [-0.25, -0.2) is 4.79 Å². The van der Waals surface area contributed by atoms with Gasteiger partial charge >= 0.3 is 5.97 Å². The molecule has 0 spiro atoms. The van der Waals surface area contributed by atoms with Crippen LogP contribution in [0.3, 0.4) is 0 Å². The summed E-state index contributed by atoms with van der Waals surface area (Å²) in [6.45, 7) is 7.52. The van der Waals surface area contributed by atoms with Gasteiger partial charge in [0, 0.05) is 11.6 Å². The second kappa shape index (κ2) is 7.89. The lowest BCUT2D eigenvalue weighted by Crippen LogP contribution is -2.56. The van der Waals surface area contributed by atoms with Gasteiger partial charge in [0.25, 0.3) is 5.91 Å². The highest BCUT2D eigenvalue weighted by Crippen LogP contribution is 2.32. The Balaban J connectivity index is 1.62. The number of hydrogen-bond acceptors (Lipinski definition) is 3. The topological polar surface area (TPSA) is 66.8 Å². The van der Waals surface area contributed by atoms with Gasteiger partial charge in [0.1, 0.15) is 11.9 Å². The van der Waals surface area contributed by atoms with Gasteiger partial charge in [-0.2, -0.15) is 0 Å². The smallest absolute Gasteiger partial charge is 0.328 e. The summed E-state index contributed by atoms with van der Waals surface area (Å²) in [5, 5.41) is 8.73. The van der Waals surface area contributed by atoms with E-state index in [1.165, 1.54) is 6.08 Å². The van der Waals surface area contributed by atoms with Gasteiger partial charge in [-0.05, 0) is 40.8 Å². The van der Waals surface area contributed by atoms with E-state index in [0.29, 0.717) is 24.2 Å². The summed E-state index contributed by atoms with van der Waals surface area (Å²) in [4.78, 5) is 25.1. The van der Waals surface area contributed by atoms with E-state index < -0.39 is 5.97 Å². The standard InChI is InChI=1S/C23H25NO4/c1-23(2,3)19-9-4-5-10-20(19)28-18-14-24(15-18)22(27)17-8-6-7-16(13-17)11-12-21(25)26/h4-13,18H,14-15H2,1-3H3,(H,25,26). The first-order valence-electron chi connectivity index (χ1n) is 9.30. The average Bonchev–Trinajstić information content (AvgIpc) is 2.62. The number of rotatable bonds is 5. The van der Waals surface area contributed by atoms with E-state index in [0.717, 1.165) is 17.4 Å². The second-order valence-electron chi connectivity index (χ2n) is 7.99. The van der Waals surface area contributed by atoms with Crippen molar-refractivity contribution >= 4 is 18.0 Å². The Morgan fingerprint density at radius 2 is 1.82 bits per heavy atom. The van der Waals surface area contributed by atoms with Crippen LogP contribution in [0.5, 0.6) is 5.75 Å². The van der Waals surface area contributed by atoms with Crippen molar-refractivity contribution in [3.05, 3.63) is 71.3 Å². The van der Waals surface area contributed by atoms with Crippen LogP contribution in [-0.2, 0) is 10.2 Å². The molecule has 1 aliphatic rings. The molecule has 0 bridgehead atoms. The summed E-state index contributed by atoms with van der Waals surface area (Å²) < 4.78 is 6.14. The number of aliphatic carboxylic acids is 1. The van der Waals surface area contributed by atoms with Crippen molar-refractivity contribution in [1.82, 2.24) is 4.90 Å². The fourth-order valence-corrected chi connectivity index (χ4v) is 3.17. The minimum Gasteiger partial charge on any atom is -0.486 e. The van der Waals surface area contributed by atoms with Crippen molar-refractivity contribution in [1.29, 1.82) is 0 Å². The minimum absolute atomic E-state index is 0.0141. The van der Waals surface area contributed by atoms with Gasteiger partial charge < -0.3 is 14.7 Å². The first kappa shape index (κ1) is 19.7. The number of amides is 1. The fraction of sp³-hybridized carbons (Fsp3) is 0.304. The van der Waals surface area contributed by atoms with Crippen LogP contribution in [-0.4, -0.2) is 41.1 Å². The highest BCUT2D eigenvalue weighted by Gasteiger charge is 2.33. The van der Waals surface area contributed by atoms with Gasteiger partial charge in [-0.1, -0.05) is 51.1 Å². The number of nitrogens with zero attached hydrogens (tertiary/aromatic N) is 1. The number of carbonyl (C=O) groups is 2. The molecule has 0 atom stereocenters. The molecule has 5 heteroatoms. The molecule has 1 amide bonds. The minimum atomic E-state index is -1.02. The normalized spacial score (nSPS) is 14.8. The summed E-state index contributed by atoms with van der Waals surface area (Å²) in [6.07, 6.45) is 2.51. The molecule has 3 rings (SSSR count). The third-order valence-corrected chi connectivity index (χ3v) is 4.68. The lowest BCUT2D eigenvalue weighted by Gasteiger charge is -2.40. The van der Waals surface area contributed by atoms with Gasteiger partial charge in [0.15, 0.2) is 0 Å². The van der Waals surface area contributed by atoms with Crippen molar-refractivity contribution in [3.63, 3.8) is 0 Å². The molecule has 0 aliphatic carbocycles. The molecule has 28 heavy (non-hydrogen) atoms. The molecule has 1 aliphatic heterocycles. The quantitative estimate of drug-likeness (QED) is 0.798. The first-order chi connectivity index (χ1) is 13.2. The summed E-state index contributed by atoms with van der Waals surface area (Å²) in [6, 6.07) is 15.0. The molecule has 1 heterocycles. The van der Waals surface area contributed by atoms with Gasteiger partial charge in [0.05, 0.1) is 13.1 Å². The van der Waals surface area contributed by atoms with E-state index >= 15 is 0 Å². The Bertz CT molecular complexity index is 905. The Kier molecular flexibility index (Phi) is 5.54. The molecule has 2 aromatic carbocycles. The predicted molar refractivity (Wildman–Crippen MR) is 109 cm³/mol. The van der Waals surface area contributed by atoms with E-state index in [1.807, 2.05) is 18.2 Å². The predicted octanol–water partition coefficient (Wildman–Crippen LogP) is 3.99. The third-order valence-electron chi connectivity index (χ3n) is 4.68. The molecule has 0 unspecified atom stereocenters. The Labute approximate surface area is 165 Å². The largest absolute Gasteiger partial charge is 0.486 e. The van der Waals surface area contributed by atoms with E-state index in [2.05, 4.69) is 26.8 Å². The molecule has 1 fully saturated rings. The number of likely N-dealkylation sites (tertiary alicyclic amines) is 1. The number of para-hydroxylation sites is 1. The second-order valence-corrected chi connectivity index (χ2v) is 7.99. The van der Waals surface area contributed by atoms with Crippen LogP contribution in [0.4, 0.5) is 0 Å². The number of benzene rings is 2. The zero-order chi connectivity index (χ0) is 20.3. The van der Waals surface area contributed by atoms with Crippen LogP contribution in [0, 0.1) is 0 Å². The molecule has 5 nitrogen and oxygen atoms in total. The van der Waals surface area contributed by atoms with Crippen LogP contribution in [0.1, 0.15) is 42.3 Å². The first-order valence-corrected chi connectivity index (χ1v) is 9.30. The van der Waals surface area contributed by atoms with E-state index in [1.54, 1.807) is 29.2 Å². The number of carbonyl (C=O) groups excluding carboxylic acids is 1. The monoisotopic (exact) mass is 379 g/mol. The zero-order valence-corrected chi connectivity index (χ0v) is 16.4. The van der Waals surface area contributed by atoms with Gasteiger partial charge in [-0.15, -0.1) is 0 Å². The number of carboxylic acids is 1. The summed E-state index contributed by atoms with van der Waals surface area (Å²) in [5.41, 5.74) is 2.36. The van der Waals surface area contributed by atoms with Crippen LogP contribution < -0.4 is 4.74 Å². The summed E-state index contributed by atoms with van der Waals surface area (Å²) in [7, 11) is 0. The number of ether oxygens (including phenoxy) is 1. The highest BCUT2D eigenvalue weighted by molar-refractivity contribution is 5.95. The fourth-order valence-electron chi connectivity index (χ4n) is 3.17. The molecular weight excluding hydrogens is 354 g/mol. The Morgan fingerprint density at radius 3 is 2.50 bits per heavy atom. The molecule has 0 saturated carbocycles. The molecule has 0 aromatic heterocycles. The van der Waals surface area contributed by atoms with Crippen molar-refractivity contribution in [2.45, 2.75) is 32.3 Å². The molecular formula is C23H25NO4. The number of hydrogen-bond donors (Lipinski definition) is 1. The van der Waals surface area contributed by atoms with Crippen LogP contribution in [0.25, 0.3) is 6.08 Å². The maximum absolute atomic E-state index is 12.7. The average molecular weight is 379 g/mol. The van der Waals surface area contributed by atoms with Crippen molar-refractivity contribution in [3.8, 4) is 5.75 Å². The molecule has 1 N–H and O–H groups in total. The molecule has 1 saturated heterocycles. The number of carboxylic acid groups (broad SMARTS) is 1. The maximum atomic E-state index is 12.7. The zero-order valence-electron chi connectivity index (χ0n) is 16.4. The van der Waals surface area contributed by atoms with E-state index in [9.17, 15) is 9.59 Å². The van der Waals surface area contributed by atoms with Crippen LogP contribution in [0.2, 0.25) is 0 Å². The van der Waals surface area contributed by atoms with E-state index in [4.69, 9.17) is 9.84 Å². The lowest BCUT2D eigenvalue weighted by molar-refractivity contribution is -0.131. The SMILES string of the molecule is CC(C)(C)c1ccccc1OC1CN(C(=O)c2cccc(C=CC(=O)O)c2)C1. The summed E-state index contributed by atoms with van der Waals surface area (Å²) >= 11 is 0. The maximum Gasteiger partial charge on any atom is 0.328 e. The molecule has 0 radical (unpaired) electrons. The highest BCUT2D eigenvalue weighted by atomic mass is 16.5. The van der Waals surface area contributed by atoms with Crippen LogP contribution >= 0.6 is 0 Å². The van der Waals surface area contributed by atoms with Gasteiger partial charge in [-0.3, -0.25) is 4.79 Å². The van der Waals surface area contributed by atoms with Gasteiger partial charge in [0.2, 0.25) is 0 Å².